The highest BCUT2D eigenvalue weighted by molar-refractivity contribution is 7.98. The first kappa shape index (κ1) is 10.9. The maximum Gasteiger partial charge on any atom is 0.0343 e. The van der Waals surface area contributed by atoms with Gasteiger partial charge >= 0.3 is 0 Å². The van der Waals surface area contributed by atoms with Crippen LogP contribution in [0.2, 0.25) is 0 Å². The maximum atomic E-state index is 3.63. The van der Waals surface area contributed by atoms with Crippen LogP contribution in [0, 0.1) is 5.92 Å². The van der Waals surface area contributed by atoms with Gasteiger partial charge in [0.1, 0.15) is 0 Å². The average molecular weight is 221 g/mol. The summed E-state index contributed by atoms with van der Waals surface area (Å²) in [6.07, 6.45) is 6.19. The topological polar surface area (TPSA) is 12.0 Å². The lowest BCUT2D eigenvalue weighted by Gasteiger charge is -2.18. The lowest BCUT2D eigenvalue weighted by atomic mass is 10.1. The van der Waals surface area contributed by atoms with E-state index in [4.69, 9.17) is 0 Å². The Hall–Kier alpha value is -0.630. The third-order valence-electron chi connectivity index (χ3n) is 3.30. The van der Waals surface area contributed by atoms with Gasteiger partial charge < -0.3 is 5.32 Å². The van der Waals surface area contributed by atoms with E-state index in [9.17, 15) is 0 Å². The Morgan fingerprint density at radius 3 is 2.47 bits per heavy atom. The molecule has 15 heavy (non-hydrogen) atoms. The van der Waals surface area contributed by atoms with Crippen molar-refractivity contribution in [2.24, 2.45) is 5.92 Å². The number of hydrogen-bond acceptors (Lipinski definition) is 2. The van der Waals surface area contributed by atoms with E-state index in [1.807, 2.05) is 0 Å². The molecule has 1 fully saturated rings. The Labute approximate surface area is 96.7 Å². The minimum atomic E-state index is 0.685. The first-order valence-corrected chi connectivity index (χ1v) is 6.92. The van der Waals surface area contributed by atoms with Crippen molar-refractivity contribution >= 4 is 17.4 Å². The van der Waals surface area contributed by atoms with E-state index in [0.29, 0.717) is 6.04 Å². The van der Waals surface area contributed by atoms with Gasteiger partial charge in [0.25, 0.3) is 0 Å². The summed E-state index contributed by atoms with van der Waals surface area (Å²) in [4.78, 5) is 1.33. The van der Waals surface area contributed by atoms with E-state index >= 15 is 0 Å². The zero-order chi connectivity index (χ0) is 10.7. The summed E-state index contributed by atoms with van der Waals surface area (Å²) in [5.41, 5.74) is 1.27. The van der Waals surface area contributed by atoms with E-state index in [1.54, 1.807) is 11.8 Å². The molecule has 0 amide bonds. The Kier molecular flexibility index (Phi) is 3.57. The first-order valence-electron chi connectivity index (χ1n) is 5.70. The predicted molar refractivity (Wildman–Crippen MR) is 68.6 cm³/mol. The Balaban J connectivity index is 1.98. The molecule has 1 aliphatic carbocycles. The van der Waals surface area contributed by atoms with E-state index in [-0.39, 0.29) is 0 Å². The molecule has 0 unspecified atom stereocenters. The van der Waals surface area contributed by atoms with Gasteiger partial charge in [0.2, 0.25) is 0 Å². The first-order chi connectivity index (χ1) is 7.29. The Morgan fingerprint density at radius 2 is 1.93 bits per heavy atom. The van der Waals surface area contributed by atoms with Crippen molar-refractivity contribution in [1.82, 2.24) is 0 Å². The summed E-state index contributed by atoms with van der Waals surface area (Å²) < 4.78 is 0. The molecule has 0 radical (unpaired) electrons. The van der Waals surface area contributed by atoms with E-state index in [2.05, 4.69) is 42.8 Å². The van der Waals surface area contributed by atoms with Crippen molar-refractivity contribution in [1.29, 1.82) is 0 Å². The molecule has 2 heteroatoms. The van der Waals surface area contributed by atoms with E-state index < -0.39 is 0 Å². The third kappa shape index (κ3) is 2.69. The van der Waals surface area contributed by atoms with E-state index in [1.165, 1.54) is 29.8 Å². The Bertz CT molecular complexity index is 307. The number of thioether (sulfide) groups is 1. The third-order valence-corrected chi connectivity index (χ3v) is 4.05. The largest absolute Gasteiger partial charge is 0.382 e. The minimum absolute atomic E-state index is 0.685. The van der Waals surface area contributed by atoms with Gasteiger partial charge in [0.15, 0.2) is 0 Å². The maximum absolute atomic E-state index is 3.63. The fourth-order valence-corrected chi connectivity index (χ4v) is 2.67. The predicted octanol–water partition coefficient (Wildman–Crippen LogP) is 4.01. The molecule has 1 aromatic rings. The van der Waals surface area contributed by atoms with Gasteiger partial charge in [0, 0.05) is 16.6 Å². The highest BCUT2D eigenvalue weighted by atomic mass is 32.2. The van der Waals surface area contributed by atoms with Crippen LogP contribution in [-0.2, 0) is 0 Å². The quantitative estimate of drug-likeness (QED) is 0.774. The van der Waals surface area contributed by atoms with Crippen LogP contribution in [0.25, 0.3) is 0 Å². The molecule has 0 aliphatic heterocycles. The number of hydrogen-bond donors (Lipinski definition) is 1. The lowest BCUT2D eigenvalue weighted by Crippen LogP contribution is -2.21. The molecule has 0 heterocycles. The van der Waals surface area contributed by atoms with Gasteiger partial charge in [0.05, 0.1) is 0 Å². The van der Waals surface area contributed by atoms with E-state index in [0.717, 1.165) is 5.92 Å². The standard InChI is InChI=1S/C13H19NS/c1-10-4-3-5-13(10)14-11-6-8-12(15-2)9-7-11/h6-10,13-14H,3-5H2,1-2H3/t10-,13-/m0/s1. The molecule has 0 aromatic heterocycles. The van der Waals surface area contributed by atoms with Gasteiger partial charge in [-0.2, -0.15) is 0 Å². The van der Waals surface area contributed by atoms with Gasteiger partial charge in [-0.15, -0.1) is 11.8 Å². The fraction of sp³-hybridized carbons (Fsp3) is 0.538. The zero-order valence-electron chi connectivity index (χ0n) is 9.49. The molecule has 0 spiro atoms. The molecular weight excluding hydrogens is 202 g/mol. The summed E-state index contributed by atoms with van der Waals surface area (Å²) in [6, 6.07) is 9.44. The summed E-state index contributed by atoms with van der Waals surface area (Å²) in [5.74, 6) is 0.824. The van der Waals surface area contributed by atoms with Gasteiger partial charge in [-0.1, -0.05) is 13.3 Å². The van der Waals surface area contributed by atoms with Crippen LogP contribution in [0.15, 0.2) is 29.2 Å². The van der Waals surface area contributed by atoms with Crippen molar-refractivity contribution in [3.05, 3.63) is 24.3 Å². The van der Waals surface area contributed by atoms with Crippen LogP contribution >= 0.6 is 11.8 Å². The number of rotatable bonds is 3. The summed E-state index contributed by atoms with van der Waals surface area (Å²) in [7, 11) is 0. The molecule has 82 valence electrons. The summed E-state index contributed by atoms with van der Waals surface area (Å²) in [6.45, 7) is 2.35. The van der Waals surface area contributed by atoms with Crippen LogP contribution in [0.3, 0.4) is 0 Å². The molecule has 1 nitrogen and oxygen atoms in total. The van der Waals surface area contributed by atoms with Crippen molar-refractivity contribution in [3.63, 3.8) is 0 Å². The second-order valence-corrected chi connectivity index (χ2v) is 5.27. The molecule has 1 N–H and O–H groups in total. The normalized spacial score (nSPS) is 25.5. The van der Waals surface area contributed by atoms with Gasteiger partial charge in [-0.25, -0.2) is 0 Å². The van der Waals surface area contributed by atoms with Gasteiger partial charge in [-0.05, 0) is 49.3 Å². The molecule has 0 saturated heterocycles. The van der Waals surface area contributed by atoms with Crippen LogP contribution in [0.5, 0.6) is 0 Å². The molecular formula is C13H19NS. The minimum Gasteiger partial charge on any atom is -0.382 e. The second-order valence-electron chi connectivity index (χ2n) is 4.39. The molecule has 0 bridgehead atoms. The van der Waals surface area contributed by atoms with Crippen LogP contribution in [0.4, 0.5) is 5.69 Å². The van der Waals surface area contributed by atoms with Crippen LogP contribution in [0.1, 0.15) is 26.2 Å². The van der Waals surface area contributed by atoms with Crippen molar-refractivity contribution in [3.8, 4) is 0 Å². The summed E-state index contributed by atoms with van der Waals surface area (Å²) >= 11 is 1.79. The fourth-order valence-electron chi connectivity index (χ4n) is 2.26. The number of anilines is 1. The second kappa shape index (κ2) is 4.93. The van der Waals surface area contributed by atoms with Crippen LogP contribution < -0.4 is 5.32 Å². The molecule has 2 atom stereocenters. The van der Waals surface area contributed by atoms with Crippen molar-refractivity contribution < 1.29 is 0 Å². The number of nitrogens with one attached hydrogen (secondary N) is 1. The zero-order valence-corrected chi connectivity index (χ0v) is 10.3. The lowest BCUT2D eigenvalue weighted by molar-refractivity contribution is 0.556. The highest BCUT2D eigenvalue weighted by Gasteiger charge is 2.22. The van der Waals surface area contributed by atoms with Crippen molar-refractivity contribution in [2.75, 3.05) is 11.6 Å². The average Bonchev–Trinajstić information content (AvgIpc) is 2.66. The molecule has 1 aliphatic rings. The molecule has 1 aromatic carbocycles. The summed E-state index contributed by atoms with van der Waals surface area (Å²) in [5, 5.41) is 3.63. The molecule has 1 saturated carbocycles. The number of benzene rings is 1. The molecule has 2 rings (SSSR count). The smallest absolute Gasteiger partial charge is 0.0343 e. The van der Waals surface area contributed by atoms with Crippen LogP contribution in [-0.4, -0.2) is 12.3 Å². The highest BCUT2D eigenvalue weighted by Crippen LogP contribution is 2.28. The van der Waals surface area contributed by atoms with Gasteiger partial charge in [-0.3, -0.25) is 0 Å². The monoisotopic (exact) mass is 221 g/mol. The van der Waals surface area contributed by atoms with Crippen molar-refractivity contribution in [2.45, 2.75) is 37.1 Å². The Morgan fingerprint density at radius 1 is 1.20 bits per heavy atom. The SMILES string of the molecule is CSc1ccc(N[C@H]2CCC[C@@H]2C)cc1.